The van der Waals surface area contributed by atoms with Crippen LogP contribution in [0, 0.1) is 0 Å². The van der Waals surface area contributed by atoms with E-state index in [0.29, 0.717) is 19.8 Å². The monoisotopic (exact) mass is 326 g/mol. The van der Waals surface area contributed by atoms with E-state index in [4.69, 9.17) is 9.47 Å². The molecule has 2 aliphatic heterocycles. The maximum absolute atomic E-state index is 12.4. The minimum atomic E-state index is -0.289. The summed E-state index contributed by atoms with van der Waals surface area (Å²) in [5.41, 5.74) is 0.755. The molecule has 22 heavy (non-hydrogen) atoms. The Kier molecular flexibility index (Phi) is 5.32. The first-order chi connectivity index (χ1) is 10.1. The maximum Gasteiger partial charge on any atom is 0.240 e. The summed E-state index contributed by atoms with van der Waals surface area (Å²) in [5, 5.41) is 6.32. The highest BCUT2D eigenvalue weighted by atomic mass is 35.5. The van der Waals surface area contributed by atoms with Crippen molar-refractivity contribution in [1.29, 1.82) is 0 Å². The molecule has 0 spiro atoms. The fraction of sp³-hybridized carbons (Fsp3) is 0.562. The van der Waals surface area contributed by atoms with E-state index in [1.54, 1.807) is 0 Å². The van der Waals surface area contributed by atoms with Crippen molar-refractivity contribution in [3.8, 4) is 5.75 Å². The first-order valence-electron chi connectivity index (χ1n) is 7.45. The molecular formula is C16H23ClN2O3. The zero-order valence-electron chi connectivity index (χ0n) is 12.9. The highest BCUT2D eigenvalue weighted by Gasteiger charge is 2.35. The van der Waals surface area contributed by atoms with E-state index in [0.717, 1.165) is 17.7 Å². The van der Waals surface area contributed by atoms with Crippen LogP contribution in [-0.2, 0) is 9.53 Å². The smallest absolute Gasteiger partial charge is 0.240 e. The second-order valence-electron chi connectivity index (χ2n) is 6.25. The Morgan fingerprint density at radius 2 is 2.14 bits per heavy atom. The molecule has 2 atom stereocenters. The van der Waals surface area contributed by atoms with Crippen molar-refractivity contribution in [3.63, 3.8) is 0 Å². The molecule has 0 aliphatic carbocycles. The number of halogens is 1. The number of fused-ring (bicyclic) bond motifs is 1. The molecule has 0 saturated carbocycles. The molecule has 1 saturated heterocycles. The van der Waals surface area contributed by atoms with Gasteiger partial charge in [0.05, 0.1) is 19.3 Å². The lowest BCUT2D eigenvalue weighted by Crippen LogP contribution is -2.53. The number of carbonyl (C=O) groups excluding carboxylic acids is 1. The summed E-state index contributed by atoms with van der Waals surface area (Å²) >= 11 is 0. The van der Waals surface area contributed by atoms with Gasteiger partial charge < -0.3 is 20.1 Å². The molecule has 1 fully saturated rings. The van der Waals surface area contributed by atoms with Gasteiger partial charge in [-0.1, -0.05) is 18.2 Å². The number of morpholine rings is 1. The van der Waals surface area contributed by atoms with Gasteiger partial charge in [0.1, 0.15) is 17.4 Å². The quantitative estimate of drug-likeness (QED) is 0.870. The molecule has 122 valence electrons. The van der Waals surface area contributed by atoms with E-state index >= 15 is 0 Å². The van der Waals surface area contributed by atoms with E-state index < -0.39 is 0 Å². The molecule has 2 unspecified atom stereocenters. The van der Waals surface area contributed by atoms with Gasteiger partial charge in [0, 0.05) is 18.5 Å². The number of benzene rings is 1. The standard InChI is InChI=1S/C16H22N2O3.ClH/c1-16(2)9-12(11-5-3-4-6-14(11)21-16)18-15(19)13-10-20-8-7-17-13;/h3-6,12-13,17H,7-10H2,1-2H3,(H,18,19);1H. The second-order valence-corrected chi connectivity index (χ2v) is 6.25. The van der Waals surface area contributed by atoms with Gasteiger partial charge in [-0.15, -0.1) is 12.4 Å². The Labute approximate surface area is 137 Å². The topological polar surface area (TPSA) is 59.6 Å². The van der Waals surface area contributed by atoms with Crippen LogP contribution in [-0.4, -0.2) is 37.3 Å². The Hall–Kier alpha value is -1.30. The summed E-state index contributed by atoms with van der Waals surface area (Å²) in [7, 11) is 0. The van der Waals surface area contributed by atoms with Crippen LogP contribution in [0.4, 0.5) is 0 Å². The number of para-hydroxylation sites is 1. The molecule has 2 aliphatic rings. The van der Waals surface area contributed by atoms with Crippen molar-refractivity contribution in [1.82, 2.24) is 10.6 Å². The van der Waals surface area contributed by atoms with E-state index in [-0.39, 0.29) is 36.0 Å². The van der Waals surface area contributed by atoms with Crippen LogP contribution in [0.15, 0.2) is 24.3 Å². The van der Waals surface area contributed by atoms with Gasteiger partial charge in [0.2, 0.25) is 5.91 Å². The molecule has 3 rings (SSSR count). The average Bonchev–Trinajstić information content (AvgIpc) is 2.47. The predicted octanol–water partition coefficient (Wildman–Crippen LogP) is 1.82. The van der Waals surface area contributed by atoms with E-state index in [2.05, 4.69) is 10.6 Å². The van der Waals surface area contributed by atoms with Crippen molar-refractivity contribution >= 4 is 18.3 Å². The third-order valence-electron chi connectivity index (χ3n) is 3.93. The van der Waals surface area contributed by atoms with Gasteiger partial charge in [-0.3, -0.25) is 4.79 Å². The van der Waals surface area contributed by atoms with Crippen molar-refractivity contribution < 1.29 is 14.3 Å². The first kappa shape index (κ1) is 17.1. The fourth-order valence-corrected chi connectivity index (χ4v) is 2.94. The van der Waals surface area contributed by atoms with Crippen molar-refractivity contribution in [2.24, 2.45) is 0 Å². The van der Waals surface area contributed by atoms with Crippen LogP contribution in [0.3, 0.4) is 0 Å². The molecule has 2 N–H and O–H groups in total. The molecular weight excluding hydrogens is 304 g/mol. The minimum Gasteiger partial charge on any atom is -0.487 e. The van der Waals surface area contributed by atoms with E-state index in [1.165, 1.54) is 0 Å². The lowest BCUT2D eigenvalue weighted by atomic mass is 9.89. The van der Waals surface area contributed by atoms with Crippen molar-refractivity contribution in [2.45, 2.75) is 38.0 Å². The number of carbonyl (C=O) groups is 1. The van der Waals surface area contributed by atoms with Crippen LogP contribution in [0.1, 0.15) is 31.9 Å². The average molecular weight is 327 g/mol. The van der Waals surface area contributed by atoms with Gasteiger partial charge in [-0.2, -0.15) is 0 Å². The van der Waals surface area contributed by atoms with Crippen LogP contribution >= 0.6 is 12.4 Å². The summed E-state index contributed by atoms with van der Waals surface area (Å²) in [5.74, 6) is 0.846. The number of hydrogen-bond acceptors (Lipinski definition) is 4. The molecule has 0 bridgehead atoms. The fourth-order valence-electron chi connectivity index (χ4n) is 2.94. The molecule has 1 amide bonds. The van der Waals surface area contributed by atoms with Gasteiger partial charge in [-0.05, 0) is 19.9 Å². The molecule has 0 radical (unpaired) electrons. The Bertz CT molecular complexity index is 530. The number of hydrogen-bond donors (Lipinski definition) is 2. The normalized spacial score (nSPS) is 26.1. The van der Waals surface area contributed by atoms with E-state index in [9.17, 15) is 4.79 Å². The third-order valence-corrected chi connectivity index (χ3v) is 3.93. The minimum absolute atomic E-state index is 0. The zero-order valence-corrected chi connectivity index (χ0v) is 13.7. The second kappa shape index (κ2) is 6.86. The molecule has 6 heteroatoms. The number of ether oxygens (including phenoxy) is 2. The summed E-state index contributed by atoms with van der Waals surface area (Å²) in [6.45, 7) is 5.90. The highest BCUT2D eigenvalue weighted by Crippen LogP contribution is 2.39. The maximum atomic E-state index is 12.4. The first-order valence-corrected chi connectivity index (χ1v) is 7.45. The number of amides is 1. The predicted molar refractivity (Wildman–Crippen MR) is 86.5 cm³/mol. The van der Waals surface area contributed by atoms with Gasteiger partial charge >= 0.3 is 0 Å². The molecule has 1 aromatic carbocycles. The highest BCUT2D eigenvalue weighted by molar-refractivity contribution is 5.85. The lowest BCUT2D eigenvalue weighted by molar-refractivity contribution is -0.127. The van der Waals surface area contributed by atoms with Crippen molar-refractivity contribution in [2.75, 3.05) is 19.8 Å². The summed E-state index contributed by atoms with van der Waals surface area (Å²) in [6, 6.07) is 7.60. The Balaban J connectivity index is 0.00000176. The Morgan fingerprint density at radius 1 is 1.36 bits per heavy atom. The Morgan fingerprint density at radius 3 is 2.86 bits per heavy atom. The van der Waals surface area contributed by atoms with Crippen LogP contribution in [0.5, 0.6) is 5.75 Å². The number of rotatable bonds is 2. The molecule has 2 heterocycles. The summed E-state index contributed by atoms with van der Waals surface area (Å²) < 4.78 is 11.3. The summed E-state index contributed by atoms with van der Waals surface area (Å²) in [4.78, 5) is 12.4. The molecule has 0 aromatic heterocycles. The SMILES string of the molecule is CC1(C)CC(NC(=O)C2COCCN2)c2ccccc2O1.Cl. The molecule has 5 nitrogen and oxygen atoms in total. The van der Waals surface area contributed by atoms with Gasteiger partial charge in [-0.25, -0.2) is 0 Å². The lowest BCUT2D eigenvalue weighted by Gasteiger charge is -2.38. The van der Waals surface area contributed by atoms with Crippen LogP contribution in [0.2, 0.25) is 0 Å². The van der Waals surface area contributed by atoms with Gasteiger partial charge in [0.15, 0.2) is 0 Å². The largest absolute Gasteiger partial charge is 0.487 e. The molecule has 1 aromatic rings. The van der Waals surface area contributed by atoms with Crippen LogP contribution < -0.4 is 15.4 Å². The van der Waals surface area contributed by atoms with Crippen LogP contribution in [0.25, 0.3) is 0 Å². The van der Waals surface area contributed by atoms with Gasteiger partial charge in [0.25, 0.3) is 0 Å². The van der Waals surface area contributed by atoms with Crippen molar-refractivity contribution in [3.05, 3.63) is 29.8 Å². The third kappa shape index (κ3) is 3.72. The zero-order chi connectivity index (χ0) is 14.9. The van der Waals surface area contributed by atoms with E-state index in [1.807, 2.05) is 38.1 Å². The number of nitrogens with one attached hydrogen (secondary N) is 2. The summed E-state index contributed by atoms with van der Waals surface area (Å²) in [6.07, 6.45) is 0.753.